The van der Waals surface area contributed by atoms with E-state index in [1.807, 2.05) is 0 Å². The molecule has 0 bridgehead atoms. The lowest BCUT2D eigenvalue weighted by Gasteiger charge is -2.12. The average Bonchev–Trinajstić information content (AvgIpc) is 3.18. The van der Waals surface area contributed by atoms with Gasteiger partial charge in [0.2, 0.25) is 10.0 Å². The maximum absolute atomic E-state index is 12.0. The van der Waals surface area contributed by atoms with Crippen molar-refractivity contribution in [1.29, 1.82) is 0 Å². The average molecular weight is 310 g/mol. The number of sulfonamides is 1. The summed E-state index contributed by atoms with van der Waals surface area (Å²) in [4.78, 5) is 4.39. The van der Waals surface area contributed by atoms with E-state index in [0.717, 1.165) is 6.42 Å². The van der Waals surface area contributed by atoms with Gasteiger partial charge in [-0.25, -0.2) is 13.1 Å². The summed E-state index contributed by atoms with van der Waals surface area (Å²) in [6.45, 7) is 2.96. The van der Waals surface area contributed by atoms with Crippen molar-refractivity contribution in [2.45, 2.75) is 24.3 Å². The molecule has 7 heteroatoms. The first kappa shape index (κ1) is 15.8. The molecule has 0 amide bonds. The van der Waals surface area contributed by atoms with Gasteiger partial charge < -0.3 is 10.6 Å². The highest BCUT2D eigenvalue weighted by molar-refractivity contribution is 7.89. The Morgan fingerprint density at radius 3 is 2.52 bits per heavy atom. The van der Waals surface area contributed by atoms with Gasteiger partial charge in [0, 0.05) is 26.2 Å². The van der Waals surface area contributed by atoms with Crippen LogP contribution in [0.1, 0.15) is 13.3 Å². The molecule has 0 aromatic heterocycles. The number of guanidine groups is 1. The normalized spacial score (nSPS) is 21.9. The van der Waals surface area contributed by atoms with Crippen LogP contribution in [0.2, 0.25) is 0 Å². The highest BCUT2D eigenvalue weighted by atomic mass is 32.2. The van der Waals surface area contributed by atoms with Gasteiger partial charge in [-0.15, -0.1) is 0 Å². The van der Waals surface area contributed by atoms with Gasteiger partial charge in [-0.05, 0) is 24.5 Å². The van der Waals surface area contributed by atoms with Crippen LogP contribution in [0.15, 0.2) is 40.2 Å². The SMILES string of the molecule is CN=C(NCCNS(=O)(=O)c1ccccc1)NC1CC1C. The van der Waals surface area contributed by atoms with Crippen LogP contribution < -0.4 is 15.4 Å². The molecule has 0 radical (unpaired) electrons. The van der Waals surface area contributed by atoms with Crippen LogP contribution in [0.5, 0.6) is 0 Å². The van der Waals surface area contributed by atoms with Crippen LogP contribution >= 0.6 is 0 Å². The molecular weight excluding hydrogens is 288 g/mol. The Morgan fingerprint density at radius 1 is 1.29 bits per heavy atom. The third-order valence-electron chi connectivity index (χ3n) is 3.42. The summed E-state index contributed by atoms with van der Waals surface area (Å²) in [5.74, 6) is 1.39. The molecule has 1 aromatic rings. The van der Waals surface area contributed by atoms with Crippen molar-refractivity contribution < 1.29 is 8.42 Å². The summed E-state index contributed by atoms with van der Waals surface area (Å²) in [6, 6.07) is 8.83. The minimum Gasteiger partial charge on any atom is -0.355 e. The first-order chi connectivity index (χ1) is 10.0. The predicted molar refractivity (Wildman–Crippen MR) is 83.7 cm³/mol. The van der Waals surface area contributed by atoms with Crippen molar-refractivity contribution in [1.82, 2.24) is 15.4 Å². The van der Waals surface area contributed by atoms with E-state index in [1.165, 1.54) is 0 Å². The van der Waals surface area contributed by atoms with Gasteiger partial charge in [0.15, 0.2) is 5.96 Å². The summed E-state index contributed by atoms with van der Waals surface area (Å²) < 4.78 is 26.5. The highest BCUT2D eigenvalue weighted by Gasteiger charge is 2.33. The smallest absolute Gasteiger partial charge is 0.240 e. The lowest BCUT2D eigenvalue weighted by Crippen LogP contribution is -2.42. The number of nitrogens with zero attached hydrogens (tertiary/aromatic N) is 1. The van der Waals surface area contributed by atoms with Crippen molar-refractivity contribution in [2.75, 3.05) is 20.1 Å². The fraction of sp³-hybridized carbons (Fsp3) is 0.500. The zero-order chi connectivity index (χ0) is 15.3. The molecule has 0 heterocycles. The molecule has 6 nitrogen and oxygen atoms in total. The molecule has 116 valence electrons. The molecule has 2 rings (SSSR count). The van der Waals surface area contributed by atoms with E-state index >= 15 is 0 Å². The summed E-state index contributed by atoms with van der Waals surface area (Å²) >= 11 is 0. The molecule has 1 aliphatic carbocycles. The molecule has 0 spiro atoms. The van der Waals surface area contributed by atoms with E-state index < -0.39 is 10.0 Å². The molecule has 1 aromatic carbocycles. The van der Waals surface area contributed by atoms with Gasteiger partial charge in [-0.1, -0.05) is 25.1 Å². The monoisotopic (exact) mass is 310 g/mol. The minimum atomic E-state index is -3.43. The second kappa shape index (κ2) is 6.91. The van der Waals surface area contributed by atoms with Gasteiger partial charge >= 0.3 is 0 Å². The van der Waals surface area contributed by atoms with Gasteiger partial charge in [-0.3, -0.25) is 4.99 Å². The largest absolute Gasteiger partial charge is 0.355 e. The van der Waals surface area contributed by atoms with Crippen LogP contribution in [0.3, 0.4) is 0 Å². The van der Waals surface area contributed by atoms with Crippen LogP contribution in [0.4, 0.5) is 0 Å². The molecule has 2 unspecified atom stereocenters. The quantitative estimate of drug-likeness (QED) is 0.407. The standard InChI is InChI=1S/C14H22N4O2S/c1-11-10-13(11)18-14(15-2)16-8-9-17-21(19,20)12-6-4-3-5-7-12/h3-7,11,13,17H,8-10H2,1-2H3,(H2,15,16,18). The van der Waals surface area contributed by atoms with E-state index in [-0.39, 0.29) is 4.90 Å². The summed E-state index contributed by atoms with van der Waals surface area (Å²) in [5.41, 5.74) is 0. The number of hydrogen-bond donors (Lipinski definition) is 3. The summed E-state index contributed by atoms with van der Waals surface area (Å²) in [6.07, 6.45) is 1.15. The van der Waals surface area contributed by atoms with Crippen molar-refractivity contribution in [3.63, 3.8) is 0 Å². The Bertz CT molecular complexity index is 586. The molecule has 3 N–H and O–H groups in total. The van der Waals surface area contributed by atoms with Gasteiger partial charge in [-0.2, -0.15) is 0 Å². The number of nitrogens with one attached hydrogen (secondary N) is 3. The third-order valence-corrected chi connectivity index (χ3v) is 4.90. The van der Waals surface area contributed by atoms with Crippen LogP contribution in [-0.4, -0.2) is 40.6 Å². The Morgan fingerprint density at radius 2 is 1.95 bits per heavy atom. The van der Waals surface area contributed by atoms with Crippen molar-refractivity contribution >= 4 is 16.0 Å². The summed E-state index contributed by atoms with van der Waals surface area (Å²) in [5, 5.41) is 6.38. The van der Waals surface area contributed by atoms with Gasteiger partial charge in [0.25, 0.3) is 0 Å². The van der Waals surface area contributed by atoms with E-state index in [1.54, 1.807) is 37.4 Å². The Hall–Kier alpha value is -1.60. The van der Waals surface area contributed by atoms with Crippen molar-refractivity contribution in [2.24, 2.45) is 10.9 Å². The van der Waals surface area contributed by atoms with Gasteiger partial charge in [0.1, 0.15) is 0 Å². The lowest BCUT2D eigenvalue weighted by molar-refractivity contribution is 0.580. The maximum Gasteiger partial charge on any atom is 0.240 e. The molecule has 2 atom stereocenters. The number of rotatable bonds is 6. The third kappa shape index (κ3) is 4.71. The summed E-state index contributed by atoms with van der Waals surface area (Å²) in [7, 11) is -1.73. The molecular formula is C14H22N4O2S. The topological polar surface area (TPSA) is 82.6 Å². The van der Waals surface area contributed by atoms with E-state index in [9.17, 15) is 8.42 Å². The first-order valence-electron chi connectivity index (χ1n) is 7.05. The first-order valence-corrected chi connectivity index (χ1v) is 8.53. The van der Waals surface area contributed by atoms with Crippen LogP contribution in [0.25, 0.3) is 0 Å². The Labute approximate surface area is 126 Å². The molecule has 21 heavy (non-hydrogen) atoms. The molecule has 0 aliphatic heterocycles. The van der Waals surface area contributed by atoms with E-state index in [2.05, 4.69) is 27.3 Å². The van der Waals surface area contributed by atoms with E-state index in [4.69, 9.17) is 0 Å². The fourth-order valence-electron chi connectivity index (χ4n) is 1.94. The van der Waals surface area contributed by atoms with Crippen molar-refractivity contribution in [3.05, 3.63) is 30.3 Å². The highest BCUT2D eigenvalue weighted by Crippen LogP contribution is 2.28. The van der Waals surface area contributed by atoms with Crippen molar-refractivity contribution in [3.8, 4) is 0 Å². The lowest BCUT2D eigenvalue weighted by atomic mass is 10.4. The second-order valence-corrected chi connectivity index (χ2v) is 6.94. The maximum atomic E-state index is 12.0. The Kier molecular flexibility index (Phi) is 5.19. The minimum absolute atomic E-state index is 0.277. The zero-order valence-corrected chi connectivity index (χ0v) is 13.2. The van der Waals surface area contributed by atoms with Gasteiger partial charge in [0.05, 0.1) is 4.90 Å². The molecule has 1 fully saturated rings. The second-order valence-electron chi connectivity index (χ2n) is 5.17. The molecule has 1 aliphatic rings. The number of aliphatic imine (C=N–C) groups is 1. The van der Waals surface area contributed by atoms with E-state index in [0.29, 0.717) is 31.0 Å². The van der Waals surface area contributed by atoms with Crippen LogP contribution in [-0.2, 0) is 10.0 Å². The fourth-order valence-corrected chi connectivity index (χ4v) is 3.00. The number of hydrogen-bond acceptors (Lipinski definition) is 3. The van der Waals surface area contributed by atoms with Crippen LogP contribution in [0, 0.1) is 5.92 Å². The predicted octanol–water partition coefficient (Wildman–Crippen LogP) is 0.538. The molecule has 0 saturated heterocycles. The zero-order valence-electron chi connectivity index (χ0n) is 12.3. The molecule has 1 saturated carbocycles. The Balaban J connectivity index is 1.74. The number of benzene rings is 1.